The van der Waals surface area contributed by atoms with Crippen molar-refractivity contribution < 1.29 is 8.42 Å². The molecule has 1 aliphatic heterocycles. The molecule has 0 radical (unpaired) electrons. The highest BCUT2D eigenvalue weighted by atomic mass is 32.2. The van der Waals surface area contributed by atoms with Crippen molar-refractivity contribution in [3.8, 4) is 0 Å². The van der Waals surface area contributed by atoms with Crippen LogP contribution in [0.1, 0.15) is 19.8 Å². The fourth-order valence-electron chi connectivity index (χ4n) is 2.31. The van der Waals surface area contributed by atoms with Crippen LogP contribution in [-0.4, -0.2) is 58.6 Å². The van der Waals surface area contributed by atoms with Crippen molar-refractivity contribution >= 4 is 9.84 Å². The summed E-state index contributed by atoms with van der Waals surface area (Å²) in [5.41, 5.74) is 0.296. The Labute approximate surface area is 99.3 Å². The normalized spacial score (nSPS) is 27.2. The van der Waals surface area contributed by atoms with Gasteiger partial charge in [-0.25, -0.2) is 8.42 Å². The Hall–Kier alpha value is -0.130. The van der Waals surface area contributed by atoms with Crippen LogP contribution in [0.5, 0.6) is 0 Å². The molecule has 1 unspecified atom stereocenters. The second kappa shape index (κ2) is 5.47. The topological polar surface area (TPSA) is 49.4 Å². The van der Waals surface area contributed by atoms with E-state index in [2.05, 4.69) is 17.1 Å². The minimum atomic E-state index is -2.84. The van der Waals surface area contributed by atoms with E-state index in [-0.39, 0.29) is 5.75 Å². The third-order valence-corrected chi connectivity index (χ3v) is 4.11. The molecule has 0 saturated carbocycles. The van der Waals surface area contributed by atoms with Crippen LogP contribution in [-0.2, 0) is 9.84 Å². The van der Waals surface area contributed by atoms with Crippen molar-refractivity contribution in [2.45, 2.75) is 19.8 Å². The number of sulfone groups is 1. The van der Waals surface area contributed by atoms with Gasteiger partial charge in [0.15, 0.2) is 0 Å². The summed E-state index contributed by atoms with van der Waals surface area (Å²) in [6.07, 6.45) is 3.74. The maximum atomic E-state index is 11.1. The fraction of sp³-hybridized carbons (Fsp3) is 1.00. The van der Waals surface area contributed by atoms with Gasteiger partial charge in [0.05, 0.1) is 5.75 Å². The predicted octanol–water partition coefficient (Wildman–Crippen LogP) is 0.353. The molecule has 4 nitrogen and oxygen atoms in total. The zero-order chi connectivity index (χ0) is 12.2. The summed E-state index contributed by atoms with van der Waals surface area (Å²) < 4.78 is 22.1. The number of nitrogens with zero attached hydrogens (tertiary/aromatic N) is 1. The number of piperidine rings is 1. The molecule has 1 N–H and O–H groups in total. The molecular formula is C11H24N2O2S. The minimum Gasteiger partial charge on any atom is -0.316 e. The van der Waals surface area contributed by atoms with Gasteiger partial charge < -0.3 is 10.2 Å². The quantitative estimate of drug-likeness (QED) is 0.763. The molecule has 0 bridgehead atoms. The van der Waals surface area contributed by atoms with E-state index in [0.29, 0.717) is 12.0 Å². The highest BCUT2D eigenvalue weighted by Crippen LogP contribution is 2.25. The largest absolute Gasteiger partial charge is 0.316 e. The summed E-state index contributed by atoms with van der Waals surface area (Å²) in [6, 6.07) is 0. The number of rotatable bonds is 5. The Morgan fingerprint density at radius 2 is 2.12 bits per heavy atom. The highest BCUT2D eigenvalue weighted by molar-refractivity contribution is 7.90. The standard InChI is InChI=1S/C11H24N2O2S/c1-11(5-4-6-12-9-11)10-13(2)7-8-16(3,14)15/h12H,4-10H2,1-3H3. The zero-order valence-corrected chi connectivity index (χ0v) is 11.4. The summed E-state index contributed by atoms with van der Waals surface area (Å²) in [5.74, 6) is 0.257. The Morgan fingerprint density at radius 3 is 2.62 bits per heavy atom. The number of hydrogen-bond donors (Lipinski definition) is 1. The predicted molar refractivity (Wildman–Crippen MR) is 67.4 cm³/mol. The molecule has 1 aliphatic rings. The first-order chi connectivity index (χ1) is 7.31. The van der Waals surface area contributed by atoms with Crippen molar-refractivity contribution in [1.29, 1.82) is 0 Å². The van der Waals surface area contributed by atoms with Gasteiger partial charge in [-0.3, -0.25) is 0 Å². The lowest BCUT2D eigenvalue weighted by molar-refractivity contribution is 0.157. The molecule has 0 aliphatic carbocycles. The van der Waals surface area contributed by atoms with E-state index in [1.165, 1.54) is 19.1 Å². The van der Waals surface area contributed by atoms with Crippen LogP contribution in [0.4, 0.5) is 0 Å². The molecule has 1 fully saturated rings. The lowest BCUT2D eigenvalue weighted by atomic mass is 9.82. The van der Waals surface area contributed by atoms with E-state index in [9.17, 15) is 8.42 Å². The monoisotopic (exact) mass is 248 g/mol. The lowest BCUT2D eigenvalue weighted by Crippen LogP contribution is -2.45. The van der Waals surface area contributed by atoms with Gasteiger partial charge in [-0.1, -0.05) is 6.92 Å². The summed E-state index contributed by atoms with van der Waals surface area (Å²) in [4.78, 5) is 2.13. The summed E-state index contributed by atoms with van der Waals surface area (Å²) in [7, 11) is -0.832. The van der Waals surface area contributed by atoms with Crippen LogP contribution < -0.4 is 5.32 Å². The fourth-order valence-corrected chi connectivity index (χ4v) is 2.95. The molecule has 1 atom stereocenters. The lowest BCUT2D eigenvalue weighted by Gasteiger charge is -2.37. The van der Waals surface area contributed by atoms with E-state index in [0.717, 1.165) is 19.6 Å². The van der Waals surface area contributed by atoms with Crippen LogP contribution in [0.25, 0.3) is 0 Å². The Bertz CT molecular complexity index is 308. The van der Waals surface area contributed by atoms with Gasteiger partial charge in [0, 0.05) is 25.9 Å². The minimum absolute atomic E-state index is 0.257. The first-order valence-corrected chi connectivity index (χ1v) is 7.94. The molecule has 1 heterocycles. The first-order valence-electron chi connectivity index (χ1n) is 5.88. The van der Waals surface area contributed by atoms with E-state index in [4.69, 9.17) is 0 Å². The van der Waals surface area contributed by atoms with Crippen molar-refractivity contribution in [1.82, 2.24) is 10.2 Å². The second-order valence-corrected chi connectivity index (χ2v) is 7.72. The summed E-state index contributed by atoms with van der Waals surface area (Å²) in [6.45, 7) is 6.03. The van der Waals surface area contributed by atoms with Crippen LogP contribution in [0.2, 0.25) is 0 Å². The Kier molecular flexibility index (Phi) is 4.76. The molecule has 1 rings (SSSR count). The van der Waals surface area contributed by atoms with Gasteiger partial charge in [-0.2, -0.15) is 0 Å². The number of nitrogens with one attached hydrogen (secondary N) is 1. The zero-order valence-electron chi connectivity index (χ0n) is 10.6. The van der Waals surface area contributed by atoms with Gasteiger partial charge in [0.1, 0.15) is 9.84 Å². The van der Waals surface area contributed by atoms with Gasteiger partial charge >= 0.3 is 0 Å². The molecule has 96 valence electrons. The highest BCUT2D eigenvalue weighted by Gasteiger charge is 2.27. The maximum absolute atomic E-state index is 11.1. The van der Waals surface area contributed by atoms with Crippen molar-refractivity contribution in [3.05, 3.63) is 0 Å². The number of hydrogen-bond acceptors (Lipinski definition) is 4. The molecule has 0 aromatic rings. The second-order valence-electron chi connectivity index (χ2n) is 5.46. The van der Waals surface area contributed by atoms with Crippen LogP contribution in [0.3, 0.4) is 0 Å². The van der Waals surface area contributed by atoms with Crippen LogP contribution in [0, 0.1) is 5.41 Å². The molecule has 1 saturated heterocycles. The van der Waals surface area contributed by atoms with E-state index in [1.54, 1.807) is 0 Å². The molecule has 5 heteroatoms. The molecule has 16 heavy (non-hydrogen) atoms. The van der Waals surface area contributed by atoms with Gasteiger partial charge in [-0.05, 0) is 31.8 Å². The maximum Gasteiger partial charge on any atom is 0.148 e. The Balaban J connectivity index is 2.35. The van der Waals surface area contributed by atoms with Gasteiger partial charge in [-0.15, -0.1) is 0 Å². The summed E-state index contributed by atoms with van der Waals surface area (Å²) >= 11 is 0. The third kappa shape index (κ3) is 5.27. The Morgan fingerprint density at radius 1 is 1.44 bits per heavy atom. The van der Waals surface area contributed by atoms with E-state index < -0.39 is 9.84 Å². The van der Waals surface area contributed by atoms with Gasteiger partial charge in [0.2, 0.25) is 0 Å². The van der Waals surface area contributed by atoms with Crippen LogP contribution >= 0.6 is 0 Å². The SMILES string of the molecule is CN(CCS(C)(=O)=O)CC1(C)CCCNC1. The first kappa shape index (κ1) is 13.9. The molecule has 0 aromatic carbocycles. The van der Waals surface area contributed by atoms with Crippen LogP contribution in [0.15, 0.2) is 0 Å². The van der Waals surface area contributed by atoms with E-state index in [1.807, 2.05) is 7.05 Å². The molecule has 0 amide bonds. The molecular weight excluding hydrogens is 224 g/mol. The van der Waals surface area contributed by atoms with Crippen molar-refractivity contribution in [2.75, 3.05) is 45.2 Å². The third-order valence-electron chi connectivity index (χ3n) is 3.18. The summed E-state index contributed by atoms with van der Waals surface area (Å²) in [5, 5.41) is 3.41. The average molecular weight is 248 g/mol. The van der Waals surface area contributed by atoms with Crippen molar-refractivity contribution in [3.63, 3.8) is 0 Å². The van der Waals surface area contributed by atoms with Gasteiger partial charge in [0.25, 0.3) is 0 Å². The smallest absolute Gasteiger partial charge is 0.148 e. The van der Waals surface area contributed by atoms with Crippen molar-refractivity contribution in [2.24, 2.45) is 5.41 Å². The molecule has 0 spiro atoms. The van der Waals surface area contributed by atoms with E-state index >= 15 is 0 Å². The average Bonchev–Trinajstić information content (AvgIpc) is 2.14. The molecule has 0 aromatic heterocycles.